The van der Waals surface area contributed by atoms with Crippen molar-refractivity contribution in [2.45, 2.75) is 31.1 Å². The first-order chi connectivity index (χ1) is 4.41. The molecule has 0 aromatic heterocycles. The maximum atomic E-state index is 8.47. The molecule has 0 aliphatic rings. The van der Waals surface area contributed by atoms with Crippen molar-refractivity contribution in [3.63, 3.8) is 0 Å². The lowest BCUT2D eigenvalue weighted by atomic mass is 10.6. The maximum absolute atomic E-state index is 8.47. The summed E-state index contributed by atoms with van der Waals surface area (Å²) in [5.74, 6) is 0. The zero-order valence-corrected chi connectivity index (χ0v) is 9.23. The Morgan fingerprint density at radius 2 is 1.89 bits per heavy atom. The van der Waals surface area contributed by atoms with Crippen LogP contribution in [0.3, 0.4) is 0 Å². The number of aliphatic hydroxyl groups excluding tert-OH is 1. The van der Waals surface area contributed by atoms with Crippen LogP contribution >= 0.6 is 0 Å². The van der Waals surface area contributed by atoms with Crippen LogP contribution in [-0.4, -0.2) is 30.8 Å². The van der Waals surface area contributed by atoms with Crippen LogP contribution in [0.4, 0.5) is 0 Å². The van der Waals surface area contributed by atoms with Crippen LogP contribution in [-0.2, 0) is 0 Å². The summed E-state index contributed by atoms with van der Waals surface area (Å²) in [5, 5.41) is 8.47. The molecule has 0 spiro atoms. The molecule has 1 N–H and O–H groups in total. The van der Waals surface area contributed by atoms with Crippen LogP contribution in [0.1, 0.15) is 13.3 Å². The zero-order chi connectivity index (χ0) is 6.95. The second-order valence-electron chi connectivity index (χ2n) is 2.49. The van der Waals surface area contributed by atoms with Gasteiger partial charge in [0.15, 0.2) is 0 Å². The predicted molar refractivity (Wildman–Crippen MR) is 48.9 cm³/mol. The molecule has 0 aromatic carbocycles. The van der Waals surface area contributed by atoms with Gasteiger partial charge in [-0.05, 0) is 6.04 Å². The van der Waals surface area contributed by atoms with E-state index >= 15 is 0 Å². The average molecular weight is 162 g/mol. The van der Waals surface area contributed by atoms with E-state index in [2.05, 4.69) is 6.92 Å². The molecule has 0 fully saturated rings. The van der Waals surface area contributed by atoms with Gasteiger partial charge in [0, 0.05) is 25.6 Å². The van der Waals surface area contributed by atoms with Crippen molar-refractivity contribution in [1.29, 1.82) is 0 Å². The quantitative estimate of drug-likeness (QED) is 0.428. The minimum atomic E-state index is 0.203. The largest absolute Gasteiger partial charge is 0.397 e. The van der Waals surface area contributed by atoms with Gasteiger partial charge in [0.25, 0.3) is 0 Å². The molecule has 0 bridgehead atoms. The molecule has 0 aliphatic carbocycles. The van der Waals surface area contributed by atoms with Gasteiger partial charge >= 0.3 is 0 Å². The summed E-state index contributed by atoms with van der Waals surface area (Å²) in [7, 11) is 0.544. The van der Waals surface area contributed by atoms with E-state index in [1.807, 2.05) is 0 Å². The fourth-order valence-corrected chi connectivity index (χ4v) is 5.86. The second-order valence-corrected chi connectivity index (χ2v) is 8.15. The van der Waals surface area contributed by atoms with Crippen molar-refractivity contribution in [2.75, 3.05) is 6.61 Å². The SMILES string of the molecule is CCC[SiH2]C[SiH2]CCO. The van der Waals surface area contributed by atoms with E-state index in [-0.39, 0.29) is 9.52 Å². The lowest BCUT2D eigenvalue weighted by molar-refractivity contribution is 0.318. The Kier molecular flexibility index (Phi) is 8.76. The molecule has 0 unspecified atom stereocenters. The Morgan fingerprint density at radius 1 is 1.22 bits per heavy atom. The minimum Gasteiger partial charge on any atom is -0.397 e. The first kappa shape index (κ1) is 9.39. The molecule has 9 heavy (non-hydrogen) atoms. The summed E-state index contributed by atoms with van der Waals surface area (Å²) in [6.45, 7) is 2.72. The monoisotopic (exact) mass is 162 g/mol. The number of rotatable bonds is 6. The van der Waals surface area contributed by atoms with E-state index in [1.54, 1.807) is 5.67 Å². The molecule has 0 atom stereocenters. The number of hydrogen-bond acceptors (Lipinski definition) is 1. The maximum Gasteiger partial charge on any atom is 0.0402 e. The normalized spacial score (nSPS) is 12.7. The van der Waals surface area contributed by atoms with Gasteiger partial charge in [-0.1, -0.05) is 25.1 Å². The summed E-state index contributed by atoms with van der Waals surface area (Å²) in [5.41, 5.74) is 1.58. The molecule has 0 saturated heterocycles. The number of hydrogen-bond donors (Lipinski definition) is 1. The molecule has 0 amide bonds. The Balaban J connectivity index is 2.60. The van der Waals surface area contributed by atoms with Gasteiger partial charge < -0.3 is 5.11 Å². The molecule has 0 radical (unpaired) electrons. The van der Waals surface area contributed by atoms with Gasteiger partial charge in [0.05, 0.1) is 0 Å². The molecule has 56 valence electrons. The predicted octanol–water partition coefficient (Wildman–Crippen LogP) is -0.0613. The van der Waals surface area contributed by atoms with Gasteiger partial charge in [0.1, 0.15) is 0 Å². The summed E-state index contributed by atoms with van der Waals surface area (Å²) in [6, 6.07) is 2.69. The van der Waals surface area contributed by atoms with Gasteiger partial charge in [-0.15, -0.1) is 0 Å². The van der Waals surface area contributed by atoms with Crippen LogP contribution in [0, 0.1) is 0 Å². The van der Waals surface area contributed by atoms with Gasteiger partial charge in [-0.3, -0.25) is 0 Å². The summed E-state index contributed by atoms with van der Waals surface area (Å²) in [6.07, 6.45) is 1.39. The summed E-state index contributed by atoms with van der Waals surface area (Å²) in [4.78, 5) is 0. The first-order valence-corrected chi connectivity index (χ1v) is 8.02. The lowest BCUT2D eigenvalue weighted by Crippen LogP contribution is -1.98. The van der Waals surface area contributed by atoms with E-state index in [0.29, 0.717) is 16.1 Å². The highest BCUT2D eigenvalue weighted by Gasteiger charge is 1.88. The van der Waals surface area contributed by atoms with Crippen molar-refractivity contribution in [3.05, 3.63) is 0 Å². The van der Waals surface area contributed by atoms with Gasteiger partial charge in [-0.25, -0.2) is 0 Å². The van der Waals surface area contributed by atoms with Gasteiger partial charge in [0.2, 0.25) is 0 Å². The topological polar surface area (TPSA) is 20.2 Å². The van der Waals surface area contributed by atoms with E-state index in [4.69, 9.17) is 5.11 Å². The number of aliphatic hydroxyl groups is 1. The molecular formula is C6H18OSi2. The van der Waals surface area contributed by atoms with Crippen molar-refractivity contribution in [1.82, 2.24) is 0 Å². The molecule has 0 saturated carbocycles. The Morgan fingerprint density at radius 3 is 2.44 bits per heavy atom. The highest BCUT2D eigenvalue weighted by Crippen LogP contribution is 1.90. The second kappa shape index (κ2) is 8.39. The lowest BCUT2D eigenvalue weighted by Gasteiger charge is -1.94. The van der Waals surface area contributed by atoms with Crippen molar-refractivity contribution in [2.24, 2.45) is 0 Å². The van der Waals surface area contributed by atoms with Crippen LogP contribution in [0.2, 0.25) is 17.8 Å². The molecular weight excluding hydrogens is 144 g/mol. The standard InChI is InChI=1S/C6H18OSi2/c1-2-4-8-6-9-5-3-7/h7H,2-6,8-9H2,1H3. The summed E-state index contributed by atoms with van der Waals surface area (Å²) < 4.78 is 0. The van der Waals surface area contributed by atoms with Crippen molar-refractivity contribution >= 4 is 19.0 Å². The van der Waals surface area contributed by atoms with Crippen molar-refractivity contribution in [3.8, 4) is 0 Å². The Labute approximate surface area is 62.5 Å². The van der Waals surface area contributed by atoms with Crippen LogP contribution in [0.15, 0.2) is 0 Å². The van der Waals surface area contributed by atoms with Gasteiger partial charge in [-0.2, -0.15) is 0 Å². The third-order valence-corrected chi connectivity index (χ3v) is 7.54. The van der Waals surface area contributed by atoms with E-state index in [0.717, 1.165) is 6.04 Å². The van der Waals surface area contributed by atoms with Crippen LogP contribution in [0.5, 0.6) is 0 Å². The molecule has 0 rings (SSSR count). The fourth-order valence-electron chi connectivity index (χ4n) is 0.892. The highest BCUT2D eigenvalue weighted by molar-refractivity contribution is 6.55. The van der Waals surface area contributed by atoms with Crippen molar-refractivity contribution < 1.29 is 5.11 Å². The van der Waals surface area contributed by atoms with E-state index in [1.165, 1.54) is 12.5 Å². The summed E-state index contributed by atoms with van der Waals surface area (Å²) >= 11 is 0. The fraction of sp³-hybridized carbons (Fsp3) is 1.00. The molecule has 3 heteroatoms. The first-order valence-electron chi connectivity index (χ1n) is 4.02. The smallest absolute Gasteiger partial charge is 0.0402 e. The van der Waals surface area contributed by atoms with E-state index in [9.17, 15) is 0 Å². The average Bonchev–Trinajstić information content (AvgIpc) is 1.89. The Hall–Kier alpha value is 0.394. The zero-order valence-electron chi connectivity index (χ0n) is 6.40. The molecule has 0 heterocycles. The third-order valence-electron chi connectivity index (χ3n) is 1.51. The third kappa shape index (κ3) is 8.39. The molecule has 1 nitrogen and oxygen atoms in total. The Bertz CT molecular complexity index is 44.3. The van der Waals surface area contributed by atoms with E-state index < -0.39 is 0 Å². The van der Waals surface area contributed by atoms with Crippen LogP contribution in [0.25, 0.3) is 0 Å². The molecule has 0 aromatic rings. The molecule has 0 aliphatic heterocycles. The highest BCUT2D eigenvalue weighted by atomic mass is 28.3. The minimum absolute atomic E-state index is 0.203. The van der Waals surface area contributed by atoms with Crippen LogP contribution < -0.4 is 0 Å².